The maximum atomic E-state index is 11.1. The van der Waals surface area contributed by atoms with Gasteiger partial charge in [-0.15, -0.1) is 0 Å². The van der Waals surface area contributed by atoms with Gasteiger partial charge in [0.1, 0.15) is 0 Å². The predicted octanol–water partition coefficient (Wildman–Crippen LogP) is -0.674. The van der Waals surface area contributed by atoms with Crippen LogP contribution >= 0.6 is 0 Å². The number of ether oxygens (including phenoxy) is 1. The summed E-state index contributed by atoms with van der Waals surface area (Å²) in [5.41, 5.74) is 0. The molecule has 0 radical (unpaired) electrons. The molecule has 0 aliphatic carbocycles. The largest absolute Gasteiger partial charge is 0.366 e. The van der Waals surface area contributed by atoms with Gasteiger partial charge in [-0.2, -0.15) is 0 Å². The Balaban J connectivity index is 2.07. The zero-order valence-electron chi connectivity index (χ0n) is 6.19. The van der Waals surface area contributed by atoms with Crippen molar-refractivity contribution < 1.29 is 14.6 Å². The third-order valence-electron chi connectivity index (χ3n) is 2.29. The molecule has 0 aromatic carbocycles. The van der Waals surface area contributed by atoms with Gasteiger partial charge < -0.3 is 14.7 Å². The van der Waals surface area contributed by atoms with Crippen LogP contribution in [-0.2, 0) is 9.53 Å². The van der Waals surface area contributed by atoms with Crippen LogP contribution in [0.25, 0.3) is 0 Å². The van der Waals surface area contributed by atoms with E-state index in [-0.39, 0.29) is 11.9 Å². The van der Waals surface area contributed by atoms with Gasteiger partial charge >= 0.3 is 0 Å². The Morgan fingerprint density at radius 3 is 3.27 bits per heavy atom. The van der Waals surface area contributed by atoms with Crippen molar-refractivity contribution in [1.82, 2.24) is 4.90 Å². The second-order valence-electron chi connectivity index (χ2n) is 3.03. The van der Waals surface area contributed by atoms with Crippen LogP contribution in [0.2, 0.25) is 0 Å². The van der Waals surface area contributed by atoms with Gasteiger partial charge in [0.15, 0.2) is 6.29 Å². The number of carbonyl (C=O) groups excluding carboxylic acids is 1. The fourth-order valence-electron chi connectivity index (χ4n) is 1.66. The van der Waals surface area contributed by atoms with Gasteiger partial charge in [0.2, 0.25) is 5.91 Å². The van der Waals surface area contributed by atoms with Crippen molar-refractivity contribution in [1.29, 1.82) is 0 Å². The summed E-state index contributed by atoms with van der Waals surface area (Å²) in [5.74, 6) is 0.150. The molecule has 0 bridgehead atoms. The molecular formula is C7H11NO3. The number of hydrogen-bond acceptors (Lipinski definition) is 3. The number of nitrogens with zero attached hydrogens (tertiary/aromatic N) is 1. The Hall–Kier alpha value is -0.610. The highest BCUT2D eigenvalue weighted by atomic mass is 16.6. The molecule has 2 atom stereocenters. The number of aliphatic hydroxyl groups excluding tert-OH is 1. The molecule has 4 nitrogen and oxygen atoms in total. The van der Waals surface area contributed by atoms with Crippen LogP contribution in [0, 0.1) is 0 Å². The minimum absolute atomic E-state index is 0.150. The molecule has 0 aromatic rings. The molecule has 62 valence electrons. The van der Waals surface area contributed by atoms with Gasteiger partial charge in [0, 0.05) is 6.42 Å². The maximum Gasteiger partial charge on any atom is 0.223 e. The molecule has 2 aliphatic rings. The van der Waals surface area contributed by atoms with Gasteiger partial charge in [0.25, 0.3) is 0 Å². The van der Waals surface area contributed by atoms with Crippen LogP contribution in [0.5, 0.6) is 0 Å². The molecule has 2 fully saturated rings. The first-order chi connectivity index (χ1) is 5.27. The molecule has 1 N–H and O–H groups in total. The summed E-state index contributed by atoms with van der Waals surface area (Å²) in [6.07, 6.45) is 0.722. The summed E-state index contributed by atoms with van der Waals surface area (Å²) in [7, 11) is 0. The van der Waals surface area contributed by atoms with E-state index in [1.807, 2.05) is 0 Å². The quantitative estimate of drug-likeness (QED) is 0.507. The van der Waals surface area contributed by atoms with Crippen molar-refractivity contribution in [3.05, 3.63) is 0 Å². The Bertz CT molecular complexity index is 183. The summed E-state index contributed by atoms with van der Waals surface area (Å²) in [6.45, 7) is 0.844. The summed E-state index contributed by atoms with van der Waals surface area (Å²) in [5, 5.41) is 9.06. The third kappa shape index (κ3) is 1.12. The normalized spacial score (nSPS) is 37.5. The molecule has 0 aromatic heterocycles. The molecule has 1 amide bonds. The predicted molar refractivity (Wildman–Crippen MR) is 36.7 cm³/mol. The highest BCUT2D eigenvalue weighted by molar-refractivity contribution is 5.78. The average Bonchev–Trinajstić information content (AvgIpc) is 2.33. The van der Waals surface area contributed by atoms with Crippen molar-refractivity contribution >= 4 is 5.91 Å². The summed E-state index contributed by atoms with van der Waals surface area (Å²) in [4.78, 5) is 12.8. The Kier molecular flexibility index (Phi) is 1.58. The number of hydrogen-bond donors (Lipinski definition) is 1. The fraction of sp³-hybridized carbons (Fsp3) is 0.857. The first-order valence-electron chi connectivity index (χ1n) is 3.86. The van der Waals surface area contributed by atoms with Crippen molar-refractivity contribution in [2.75, 3.05) is 13.2 Å². The van der Waals surface area contributed by atoms with Gasteiger partial charge in [0.05, 0.1) is 19.2 Å². The molecule has 2 heterocycles. The van der Waals surface area contributed by atoms with Crippen molar-refractivity contribution in [3.63, 3.8) is 0 Å². The van der Waals surface area contributed by atoms with E-state index in [0.717, 1.165) is 6.42 Å². The summed E-state index contributed by atoms with van der Waals surface area (Å²) >= 11 is 0. The number of aliphatic hydroxyl groups is 1. The Labute approximate surface area is 64.7 Å². The molecule has 2 aliphatic heterocycles. The van der Waals surface area contributed by atoms with Crippen LogP contribution in [-0.4, -0.2) is 41.4 Å². The van der Waals surface area contributed by atoms with Crippen molar-refractivity contribution in [2.45, 2.75) is 25.2 Å². The van der Waals surface area contributed by atoms with E-state index in [1.54, 1.807) is 4.90 Å². The number of carbonyl (C=O) groups is 1. The SMILES string of the molecule is O=C1CCC2COC(O)CN12. The smallest absolute Gasteiger partial charge is 0.223 e. The van der Waals surface area contributed by atoms with Crippen LogP contribution in [0.1, 0.15) is 12.8 Å². The lowest BCUT2D eigenvalue weighted by molar-refractivity contribution is -0.169. The molecule has 2 rings (SSSR count). The fourth-order valence-corrected chi connectivity index (χ4v) is 1.66. The van der Waals surface area contributed by atoms with E-state index >= 15 is 0 Å². The van der Waals surface area contributed by atoms with Gasteiger partial charge in [-0.1, -0.05) is 0 Å². The van der Waals surface area contributed by atoms with Crippen LogP contribution in [0.15, 0.2) is 0 Å². The minimum Gasteiger partial charge on any atom is -0.366 e. The first-order valence-corrected chi connectivity index (χ1v) is 3.86. The average molecular weight is 157 g/mol. The molecular weight excluding hydrogens is 146 g/mol. The third-order valence-corrected chi connectivity index (χ3v) is 2.29. The standard InChI is InChI=1S/C7H11NO3/c9-6-2-1-5-4-11-7(10)3-8(5)6/h5,7,10H,1-4H2. The van der Waals surface area contributed by atoms with Gasteiger partial charge in [-0.25, -0.2) is 0 Å². The topological polar surface area (TPSA) is 49.8 Å². The van der Waals surface area contributed by atoms with Crippen LogP contribution in [0.4, 0.5) is 0 Å². The number of fused-ring (bicyclic) bond motifs is 1. The van der Waals surface area contributed by atoms with E-state index in [9.17, 15) is 4.79 Å². The first kappa shape index (κ1) is 7.06. The maximum absolute atomic E-state index is 11.1. The van der Waals surface area contributed by atoms with E-state index in [4.69, 9.17) is 9.84 Å². The van der Waals surface area contributed by atoms with E-state index < -0.39 is 6.29 Å². The lowest BCUT2D eigenvalue weighted by atomic mass is 10.2. The molecule has 2 unspecified atom stereocenters. The molecule has 0 saturated carbocycles. The van der Waals surface area contributed by atoms with Crippen molar-refractivity contribution in [3.8, 4) is 0 Å². The second-order valence-corrected chi connectivity index (χ2v) is 3.03. The van der Waals surface area contributed by atoms with Crippen LogP contribution in [0.3, 0.4) is 0 Å². The molecule has 0 spiro atoms. The number of rotatable bonds is 0. The summed E-state index contributed by atoms with van der Waals surface area (Å²) in [6, 6.07) is 0.228. The number of amides is 1. The van der Waals surface area contributed by atoms with Crippen LogP contribution < -0.4 is 0 Å². The Morgan fingerprint density at radius 1 is 1.64 bits per heavy atom. The van der Waals surface area contributed by atoms with Gasteiger partial charge in [-0.05, 0) is 6.42 Å². The van der Waals surface area contributed by atoms with Gasteiger partial charge in [-0.3, -0.25) is 4.79 Å². The zero-order valence-corrected chi connectivity index (χ0v) is 6.19. The van der Waals surface area contributed by atoms with E-state index in [1.165, 1.54) is 0 Å². The lowest BCUT2D eigenvalue weighted by Crippen LogP contribution is -2.47. The molecule has 11 heavy (non-hydrogen) atoms. The highest BCUT2D eigenvalue weighted by Crippen LogP contribution is 2.22. The second kappa shape index (κ2) is 2.46. The highest BCUT2D eigenvalue weighted by Gasteiger charge is 2.36. The number of morpholine rings is 1. The van der Waals surface area contributed by atoms with E-state index in [2.05, 4.69) is 0 Å². The van der Waals surface area contributed by atoms with Crippen molar-refractivity contribution in [2.24, 2.45) is 0 Å². The van der Waals surface area contributed by atoms with E-state index in [0.29, 0.717) is 19.6 Å². The molecule has 4 heteroatoms. The molecule has 2 saturated heterocycles. The lowest BCUT2D eigenvalue weighted by Gasteiger charge is -2.32. The minimum atomic E-state index is -0.770. The zero-order chi connectivity index (χ0) is 7.84. The summed E-state index contributed by atoms with van der Waals surface area (Å²) < 4.78 is 5.00. The monoisotopic (exact) mass is 157 g/mol. The Morgan fingerprint density at radius 2 is 2.45 bits per heavy atom.